The van der Waals surface area contributed by atoms with Crippen LogP contribution in [-0.4, -0.2) is 39.8 Å². The number of anilines is 1. The number of rotatable bonds is 7. The minimum absolute atomic E-state index is 0.0995. The van der Waals surface area contributed by atoms with Gasteiger partial charge in [0.05, 0.1) is 24.6 Å². The zero-order chi connectivity index (χ0) is 19.3. The maximum Gasteiger partial charge on any atom is 0.251 e. The summed E-state index contributed by atoms with van der Waals surface area (Å²) < 4.78 is 31.2. The van der Waals surface area contributed by atoms with Gasteiger partial charge in [0, 0.05) is 18.7 Å². The Morgan fingerprint density at radius 3 is 2.44 bits per heavy atom. The number of hydrogen-bond acceptors (Lipinski definition) is 4. The number of amides is 1. The monoisotopic (exact) mass is 388 g/mol. The second-order valence-electron chi connectivity index (χ2n) is 6.65. The summed E-state index contributed by atoms with van der Waals surface area (Å²) in [6, 6.07) is 15.9. The van der Waals surface area contributed by atoms with Crippen molar-refractivity contribution in [1.29, 1.82) is 0 Å². The fourth-order valence-corrected chi connectivity index (χ4v) is 3.92. The topological polar surface area (TPSA) is 75.7 Å². The Kier molecular flexibility index (Phi) is 6.13. The lowest BCUT2D eigenvalue weighted by Gasteiger charge is -2.22. The molecule has 1 saturated heterocycles. The van der Waals surface area contributed by atoms with Crippen LogP contribution in [0.3, 0.4) is 0 Å². The van der Waals surface area contributed by atoms with Gasteiger partial charge in [0.25, 0.3) is 5.91 Å². The number of nitrogens with one attached hydrogen (secondary N) is 1. The molecule has 27 heavy (non-hydrogen) atoms. The summed E-state index contributed by atoms with van der Waals surface area (Å²) in [7, 11) is -3.42. The molecule has 7 heteroatoms. The van der Waals surface area contributed by atoms with Crippen molar-refractivity contribution in [2.24, 2.45) is 0 Å². The van der Waals surface area contributed by atoms with Gasteiger partial charge < -0.3 is 10.1 Å². The molecule has 0 bridgehead atoms. The van der Waals surface area contributed by atoms with Gasteiger partial charge in [-0.15, -0.1) is 0 Å². The van der Waals surface area contributed by atoms with Gasteiger partial charge >= 0.3 is 0 Å². The number of ether oxygens (including phenoxy) is 1. The smallest absolute Gasteiger partial charge is 0.251 e. The predicted molar refractivity (Wildman–Crippen MR) is 105 cm³/mol. The van der Waals surface area contributed by atoms with E-state index in [0.717, 1.165) is 25.0 Å². The highest BCUT2D eigenvalue weighted by atomic mass is 32.2. The number of para-hydroxylation sites is 1. The average molecular weight is 388 g/mol. The molecule has 1 heterocycles. The van der Waals surface area contributed by atoms with Crippen LogP contribution in [0.25, 0.3) is 0 Å². The van der Waals surface area contributed by atoms with E-state index in [1.165, 1.54) is 10.6 Å². The third kappa shape index (κ3) is 5.30. The Balaban J connectivity index is 1.66. The molecule has 1 aliphatic rings. The third-order valence-corrected chi connectivity index (χ3v) is 5.64. The first-order chi connectivity index (χ1) is 12.9. The average Bonchev–Trinajstić information content (AvgIpc) is 3.18. The number of sulfonamides is 1. The van der Waals surface area contributed by atoms with Gasteiger partial charge in [-0.25, -0.2) is 8.42 Å². The first kappa shape index (κ1) is 19.4. The highest BCUT2D eigenvalue weighted by Gasteiger charge is 2.19. The highest BCUT2D eigenvalue weighted by molar-refractivity contribution is 7.92. The van der Waals surface area contributed by atoms with Crippen molar-refractivity contribution in [3.63, 3.8) is 0 Å². The molecule has 0 radical (unpaired) electrons. The van der Waals surface area contributed by atoms with Gasteiger partial charge in [-0.2, -0.15) is 0 Å². The van der Waals surface area contributed by atoms with Crippen molar-refractivity contribution in [2.75, 3.05) is 23.7 Å². The summed E-state index contributed by atoms with van der Waals surface area (Å²) in [4.78, 5) is 12.2. The van der Waals surface area contributed by atoms with Gasteiger partial charge in [-0.05, 0) is 42.7 Å². The minimum Gasteiger partial charge on any atom is -0.376 e. The quantitative estimate of drug-likeness (QED) is 0.791. The minimum atomic E-state index is -3.42. The Hall–Kier alpha value is -2.38. The first-order valence-corrected chi connectivity index (χ1v) is 10.8. The van der Waals surface area contributed by atoms with Crippen molar-refractivity contribution in [1.82, 2.24) is 5.32 Å². The molecule has 1 aliphatic heterocycles. The Bertz CT molecular complexity index is 861. The fourth-order valence-electron chi connectivity index (χ4n) is 3.04. The number of hydrogen-bond donors (Lipinski definition) is 1. The molecule has 144 valence electrons. The predicted octanol–water partition coefficient (Wildman–Crippen LogP) is 2.56. The number of nitrogens with zero attached hydrogens (tertiary/aromatic N) is 1. The van der Waals surface area contributed by atoms with Crippen molar-refractivity contribution in [2.45, 2.75) is 25.5 Å². The highest BCUT2D eigenvalue weighted by Crippen LogP contribution is 2.20. The molecule has 1 atom stereocenters. The molecular formula is C20H24N2O4S. The third-order valence-electron chi connectivity index (χ3n) is 4.50. The Labute approximate surface area is 160 Å². The molecule has 0 spiro atoms. The van der Waals surface area contributed by atoms with Gasteiger partial charge in [0.1, 0.15) is 0 Å². The van der Waals surface area contributed by atoms with Gasteiger partial charge in [-0.1, -0.05) is 30.3 Å². The molecule has 2 aromatic rings. The van der Waals surface area contributed by atoms with Crippen LogP contribution in [0.4, 0.5) is 5.69 Å². The first-order valence-electron chi connectivity index (χ1n) is 8.95. The van der Waals surface area contributed by atoms with E-state index in [0.29, 0.717) is 17.8 Å². The second kappa shape index (κ2) is 8.54. The van der Waals surface area contributed by atoms with Crippen LogP contribution in [0.5, 0.6) is 0 Å². The molecule has 1 fully saturated rings. The molecule has 2 aromatic carbocycles. The van der Waals surface area contributed by atoms with E-state index in [1.54, 1.807) is 48.5 Å². The van der Waals surface area contributed by atoms with E-state index >= 15 is 0 Å². The number of carbonyl (C=O) groups excluding carboxylic acids is 1. The number of benzene rings is 2. The lowest BCUT2D eigenvalue weighted by molar-refractivity contribution is 0.0858. The van der Waals surface area contributed by atoms with Crippen LogP contribution in [0, 0.1) is 0 Å². The van der Waals surface area contributed by atoms with Crippen LogP contribution in [0.1, 0.15) is 28.8 Å². The van der Waals surface area contributed by atoms with E-state index < -0.39 is 10.0 Å². The lowest BCUT2D eigenvalue weighted by atomic mass is 10.1. The van der Waals surface area contributed by atoms with E-state index in [1.807, 2.05) is 6.07 Å². The van der Waals surface area contributed by atoms with E-state index in [-0.39, 0.29) is 18.6 Å². The van der Waals surface area contributed by atoms with Crippen LogP contribution < -0.4 is 9.62 Å². The molecule has 1 amide bonds. The SMILES string of the molecule is CS(=O)(=O)N(Cc1ccc(C(=O)NC[C@H]2CCCO2)cc1)c1ccccc1. The van der Waals surface area contributed by atoms with Gasteiger partial charge in [0.2, 0.25) is 10.0 Å². The second-order valence-corrected chi connectivity index (χ2v) is 8.55. The van der Waals surface area contributed by atoms with Crippen molar-refractivity contribution >= 4 is 21.6 Å². The summed E-state index contributed by atoms with van der Waals surface area (Å²) in [5.74, 6) is -0.153. The fraction of sp³-hybridized carbons (Fsp3) is 0.350. The van der Waals surface area contributed by atoms with Gasteiger partial charge in [0.15, 0.2) is 0 Å². The van der Waals surface area contributed by atoms with E-state index in [2.05, 4.69) is 5.32 Å². The zero-order valence-corrected chi connectivity index (χ0v) is 16.1. The summed E-state index contributed by atoms with van der Waals surface area (Å²) in [5, 5.41) is 2.88. The van der Waals surface area contributed by atoms with E-state index in [9.17, 15) is 13.2 Å². The zero-order valence-electron chi connectivity index (χ0n) is 15.3. The number of carbonyl (C=O) groups is 1. The maximum absolute atomic E-state index is 12.2. The van der Waals surface area contributed by atoms with E-state index in [4.69, 9.17) is 4.74 Å². The summed E-state index contributed by atoms with van der Waals surface area (Å²) in [5.41, 5.74) is 1.96. The van der Waals surface area contributed by atoms with Crippen molar-refractivity contribution in [3.8, 4) is 0 Å². The van der Waals surface area contributed by atoms with Crippen LogP contribution in [-0.2, 0) is 21.3 Å². The molecule has 6 nitrogen and oxygen atoms in total. The maximum atomic E-state index is 12.2. The molecule has 0 unspecified atom stereocenters. The van der Waals surface area contributed by atoms with Gasteiger partial charge in [-0.3, -0.25) is 9.10 Å². The van der Waals surface area contributed by atoms with Crippen LogP contribution >= 0.6 is 0 Å². The summed E-state index contributed by atoms with van der Waals surface area (Å²) >= 11 is 0. The molecule has 0 aromatic heterocycles. The Morgan fingerprint density at radius 2 is 1.85 bits per heavy atom. The molecule has 3 rings (SSSR count). The normalized spacial score (nSPS) is 16.9. The standard InChI is InChI=1S/C20H24N2O4S/c1-27(24,25)22(18-6-3-2-4-7-18)15-16-9-11-17(12-10-16)20(23)21-14-19-8-5-13-26-19/h2-4,6-7,9-12,19H,5,8,13-15H2,1H3,(H,21,23)/t19-/m1/s1. The summed E-state index contributed by atoms with van der Waals surface area (Å²) in [6.07, 6.45) is 3.29. The lowest BCUT2D eigenvalue weighted by Crippen LogP contribution is -2.31. The molecule has 0 saturated carbocycles. The van der Waals surface area contributed by atoms with Crippen molar-refractivity contribution < 1.29 is 17.9 Å². The largest absolute Gasteiger partial charge is 0.376 e. The summed E-state index contributed by atoms with van der Waals surface area (Å²) in [6.45, 7) is 1.48. The molecule has 0 aliphatic carbocycles. The molecule has 1 N–H and O–H groups in total. The molecular weight excluding hydrogens is 364 g/mol. The van der Waals surface area contributed by atoms with Crippen LogP contribution in [0.2, 0.25) is 0 Å². The Morgan fingerprint density at radius 1 is 1.15 bits per heavy atom. The van der Waals surface area contributed by atoms with Crippen molar-refractivity contribution in [3.05, 3.63) is 65.7 Å². The van der Waals surface area contributed by atoms with Crippen LogP contribution in [0.15, 0.2) is 54.6 Å².